The summed E-state index contributed by atoms with van der Waals surface area (Å²) in [6, 6.07) is 1.81. The topological polar surface area (TPSA) is 119 Å². The highest BCUT2D eigenvalue weighted by Gasteiger charge is 2.50. The second-order valence-electron chi connectivity index (χ2n) is 5.25. The van der Waals surface area contributed by atoms with Gasteiger partial charge in [0.25, 0.3) is 0 Å². The van der Waals surface area contributed by atoms with Gasteiger partial charge in [0.2, 0.25) is 0 Å². The zero-order valence-electron chi connectivity index (χ0n) is 12.2. The maximum Gasteiger partial charge on any atom is 0.412 e. The summed E-state index contributed by atoms with van der Waals surface area (Å²) in [6.45, 7) is 2.21. The Hall–Kier alpha value is -2.81. The molecule has 1 saturated heterocycles. The predicted molar refractivity (Wildman–Crippen MR) is 75.0 cm³/mol. The number of hydrogen-bond donors (Lipinski definition) is 3. The second-order valence-corrected chi connectivity index (χ2v) is 5.25. The van der Waals surface area contributed by atoms with Crippen LogP contribution in [0.3, 0.4) is 0 Å². The molecule has 2 heterocycles. The summed E-state index contributed by atoms with van der Waals surface area (Å²) in [5.41, 5.74) is 0.839. The summed E-state index contributed by atoms with van der Waals surface area (Å²) in [5, 5.41) is 22.3. The van der Waals surface area contributed by atoms with Gasteiger partial charge in [0.1, 0.15) is 11.8 Å². The molecule has 0 aromatic heterocycles. The molecule has 1 aromatic rings. The van der Waals surface area contributed by atoms with Gasteiger partial charge in [-0.2, -0.15) is 5.06 Å². The number of amides is 3. The molecule has 0 aliphatic carbocycles. The van der Waals surface area contributed by atoms with Crippen LogP contribution in [-0.2, 0) is 4.79 Å². The van der Waals surface area contributed by atoms with E-state index >= 15 is 0 Å². The van der Waals surface area contributed by atoms with Gasteiger partial charge in [-0.3, -0.25) is 5.21 Å². The quantitative estimate of drug-likeness (QED) is 0.717. The van der Waals surface area contributed by atoms with E-state index in [4.69, 9.17) is 4.74 Å². The maximum atomic E-state index is 12.0. The predicted octanol–water partition coefficient (Wildman–Crippen LogP) is 1.10. The van der Waals surface area contributed by atoms with Crippen LogP contribution in [0.15, 0.2) is 18.2 Å². The maximum absolute atomic E-state index is 12.0. The number of hydroxylamine groups is 2. The first-order valence-electron chi connectivity index (χ1n) is 7.05. The van der Waals surface area contributed by atoms with Crippen LogP contribution >= 0.6 is 0 Å². The molecule has 3 rings (SSSR count). The third kappa shape index (κ3) is 2.34. The number of hydrogen-bond acceptors (Lipinski definition) is 5. The van der Waals surface area contributed by atoms with Crippen molar-refractivity contribution in [3.8, 4) is 5.75 Å². The Bertz CT molecular complexity index is 691. The summed E-state index contributed by atoms with van der Waals surface area (Å²) in [7, 11) is 0. The summed E-state index contributed by atoms with van der Waals surface area (Å²) >= 11 is 0. The van der Waals surface area contributed by atoms with Crippen LogP contribution in [-0.4, -0.2) is 51.5 Å². The van der Waals surface area contributed by atoms with Crippen molar-refractivity contribution in [2.24, 2.45) is 0 Å². The molecule has 0 saturated carbocycles. The largest absolute Gasteiger partial charge is 0.479 e. The number of urea groups is 1. The van der Waals surface area contributed by atoms with Crippen LogP contribution in [0.5, 0.6) is 5.75 Å². The fourth-order valence-electron chi connectivity index (χ4n) is 2.93. The van der Waals surface area contributed by atoms with Gasteiger partial charge in [0, 0.05) is 6.54 Å². The van der Waals surface area contributed by atoms with E-state index in [1.54, 1.807) is 6.92 Å². The van der Waals surface area contributed by atoms with Gasteiger partial charge < -0.3 is 20.1 Å². The van der Waals surface area contributed by atoms with Crippen molar-refractivity contribution in [3.63, 3.8) is 0 Å². The summed E-state index contributed by atoms with van der Waals surface area (Å²) < 4.78 is 5.09. The summed E-state index contributed by atoms with van der Waals surface area (Å²) in [4.78, 5) is 36.1. The second kappa shape index (κ2) is 5.43. The number of nitrogens with one attached hydrogen (secondary N) is 1. The molecular weight excluding hydrogens is 306 g/mol. The molecule has 2 aliphatic heterocycles. The minimum Gasteiger partial charge on any atom is -0.479 e. The average Bonchev–Trinajstić information content (AvgIpc) is 2.74. The molecule has 1 fully saturated rings. The van der Waals surface area contributed by atoms with E-state index in [0.717, 1.165) is 4.90 Å². The van der Waals surface area contributed by atoms with Crippen molar-refractivity contribution in [3.05, 3.63) is 29.3 Å². The van der Waals surface area contributed by atoms with Crippen molar-refractivity contribution >= 4 is 18.1 Å². The van der Waals surface area contributed by atoms with Gasteiger partial charge in [-0.25, -0.2) is 14.4 Å². The minimum absolute atomic E-state index is 0.0594. The third-order valence-corrected chi connectivity index (χ3v) is 3.90. The Morgan fingerprint density at radius 3 is 2.78 bits per heavy atom. The highest BCUT2D eigenvalue weighted by molar-refractivity contribution is 5.87. The number of nitrogens with zero attached hydrogens (tertiary/aromatic N) is 2. The first-order chi connectivity index (χ1) is 10.9. The van der Waals surface area contributed by atoms with E-state index < -0.39 is 30.2 Å². The number of carbonyl (C=O) groups is 3. The molecule has 122 valence electrons. The minimum atomic E-state index is -1.19. The molecule has 2 atom stereocenters. The lowest BCUT2D eigenvalue weighted by Crippen LogP contribution is -2.38. The Kier molecular flexibility index (Phi) is 3.57. The first-order valence-corrected chi connectivity index (χ1v) is 7.05. The molecule has 3 amide bonds. The van der Waals surface area contributed by atoms with E-state index in [1.165, 1.54) is 18.2 Å². The SMILES string of the molecule is CCNC(=O)Oc1ccc2c(c1)C1CN(C(=O)N1O)C2C(=O)O. The third-order valence-electron chi connectivity index (χ3n) is 3.90. The molecule has 0 spiro atoms. The monoisotopic (exact) mass is 321 g/mol. The van der Waals surface area contributed by atoms with E-state index in [1.807, 2.05) is 0 Å². The highest BCUT2D eigenvalue weighted by atomic mass is 16.6. The molecule has 0 radical (unpaired) electrons. The van der Waals surface area contributed by atoms with Crippen LogP contribution in [0.2, 0.25) is 0 Å². The molecular formula is C14H15N3O6. The van der Waals surface area contributed by atoms with Gasteiger partial charge in [0.05, 0.1) is 6.54 Å². The summed E-state index contributed by atoms with van der Waals surface area (Å²) in [6.07, 6.45) is -0.636. The lowest BCUT2D eigenvalue weighted by Gasteiger charge is -2.30. The van der Waals surface area contributed by atoms with E-state index in [2.05, 4.69) is 5.32 Å². The molecule has 2 unspecified atom stereocenters. The van der Waals surface area contributed by atoms with E-state index in [0.29, 0.717) is 22.7 Å². The Balaban J connectivity index is 2.00. The molecule has 9 nitrogen and oxygen atoms in total. The van der Waals surface area contributed by atoms with Crippen molar-refractivity contribution in [1.29, 1.82) is 0 Å². The number of aliphatic carboxylic acids is 1. The fourth-order valence-corrected chi connectivity index (χ4v) is 2.93. The van der Waals surface area contributed by atoms with Gasteiger partial charge in [0.15, 0.2) is 6.04 Å². The average molecular weight is 321 g/mol. The van der Waals surface area contributed by atoms with Crippen LogP contribution in [0.25, 0.3) is 0 Å². The number of carboxylic acid groups (broad SMARTS) is 1. The zero-order valence-corrected chi connectivity index (χ0v) is 12.2. The van der Waals surface area contributed by atoms with Crippen LogP contribution in [0, 0.1) is 0 Å². The lowest BCUT2D eigenvalue weighted by atomic mass is 9.91. The molecule has 3 N–H and O–H groups in total. The van der Waals surface area contributed by atoms with E-state index in [-0.39, 0.29) is 12.3 Å². The first kappa shape index (κ1) is 15.1. The van der Waals surface area contributed by atoms with Gasteiger partial charge in [-0.1, -0.05) is 6.07 Å². The van der Waals surface area contributed by atoms with Gasteiger partial charge in [-0.05, 0) is 30.2 Å². The molecule has 2 aliphatic rings. The normalized spacial score (nSPS) is 21.9. The van der Waals surface area contributed by atoms with Crippen LogP contribution < -0.4 is 10.1 Å². The van der Waals surface area contributed by atoms with Crippen LogP contribution in [0.1, 0.15) is 30.1 Å². The number of rotatable bonds is 3. The van der Waals surface area contributed by atoms with Crippen molar-refractivity contribution in [2.75, 3.05) is 13.1 Å². The van der Waals surface area contributed by atoms with Crippen molar-refractivity contribution in [1.82, 2.24) is 15.3 Å². The Morgan fingerprint density at radius 2 is 2.13 bits per heavy atom. The Labute approximate surface area is 131 Å². The molecule has 2 bridgehead atoms. The smallest absolute Gasteiger partial charge is 0.412 e. The number of ether oxygens (including phenoxy) is 1. The number of benzene rings is 1. The van der Waals surface area contributed by atoms with Gasteiger partial charge in [-0.15, -0.1) is 0 Å². The molecule has 1 aromatic carbocycles. The van der Waals surface area contributed by atoms with Crippen LogP contribution in [0.4, 0.5) is 9.59 Å². The highest BCUT2D eigenvalue weighted by Crippen LogP contribution is 2.44. The molecule has 23 heavy (non-hydrogen) atoms. The lowest BCUT2D eigenvalue weighted by molar-refractivity contribution is -0.142. The summed E-state index contributed by atoms with van der Waals surface area (Å²) in [5.74, 6) is -0.981. The number of carbonyl (C=O) groups excluding carboxylic acids is 2. The standard InChI is InChI=1S/C14H15N3O6/c1-2-15-13(20)23-7-3-4-8-9(5-7)10-6-16(11(8)12(18)19)14(21)17(10)22/h3-5,10-11,22H,2,6H2,1H3,(H,15,20)(H,18,19). The Morgan fingerprint density at radius 1 is 1.39 bits per heavy atom. The van der Waals surface area contributed by atoms with Crippen molar-refractivity contribution in [2.45, 2.75) is 19.0 Å². The van der Waals surface area contributed by atoms with E-state index in [9.17, 15) is 24.7 Å². The fraction of sp³-hybridized carbons (Fsp3) is 0.357. The number of fused-ring (bicyclic) bond motifs is 4. The van der Waals surface area contributed by atoms with Crippen molar-refractivity contribution < 1.29 is 29.4 Å². The van der Waals surface area contributed by atoms with Gasteiger partial charge >= 0.3 is 18.1 Å². The molecule has 9 heteroatoms. The zero-order chi connectivity index (χ0) is 16.7. The number of carboxylic acids is 1.